The number of carbonyl (C=O) groups is 1. The van der Waals surface area contributed by atoms with E-state index in [1.165, 1.54) is 19.3 Å². The lowest BCUT2D eigenvalue weighted by atomic mass is 9.46. The number of nitrogens with zero attached hydrogens (tertiary/aromatic N) is 2. The van der Waals surface area contributed by atoms with Gasteiger partial charge in [-0.25, -0.2) is 4.99 Å². The molecule has 4 aliphatic rings. The van der Waals surface area contributed by atoms with Crippen LogP contribution in [0.25, 0.3) is 0 Å². The van der Waals surface area contributed by atoms with Gasteiger partial charge in [-0.05, 0) is 39.0 Å². The molecule has 6 heteroatoms. The molecular formula is C18H30N4O2. The van der Waals surface area contributed by atoms with Gasteiger partial charge in [0.1, 0.15) is 6.54 Å². The van der Waals surface area contributed by atoms with Crippen LogP contribution in [0, 0.1) is 11.3 Å². The molecule has 4 fully saturated rings. The van der Waals surface area contributed by atoms with Crippen molar-refractivity contribution in [3.8, 4) is 0 Å². The van der Waals surface area contributed by atoms with Gasteiger partial charge in [0.15, 0.2) is 5.96 Å². The van der Waals surface area contributed by atoms with Crippen molar-refractivity contribution < 1.29 is 9.53 Å². The van der Waals surface area contributed by atoms with Crippen molar-refractivity contribution in [2.45, 2.75) is 57.6 Å². The van der Waals surface area contributed by atoms with Crippen LogP contribution in [0.4, 0.5) is 0 Å². The normalized spacial score (nSPS) is 33.8. The molecule has 2 saturated heterocycles. The van der Waals surface area contributed by atoms with E-state index in [-0.39, 0.29) is 12.5 Å². The van der Waals surface area contributed by atoms with Gasteiger partial charge in [-0.3, -0.25) is 4.79 Å². The van der Waals surface area contributed by atoms with Crippen LogP contribution in [0.15, 0.2) is 4.99 Å². The zero-order valence-corrected chi connectivity index (χ0v) is 14.7. The van der Waals surface area contributed by atoms with Gasteiger partial charge in [0.25, 0.3) is 0 Å². The van der Waals surface area contributed by atoms with Gasteiger partial charge >= 0.3 is 0 Å². The van der Waals surface area contributed by atoms with Crippen molar-refractivity contribution in [2.75, 3.05) is 32.8 Å². The number of hydrogen-bond donors (Lipinski definition) is 2. The van der Waals surface area contributed by atoms with Crippen molar-refractivity contribution in [1.29, 1.82) is 0 Å². The van der Waals surface area contributed by atoms with E-state index in [0.29, 0.717) is 23.5 Å². The second-order valence-corrected chi connectivity index (χ2v) is 7.74. The molecule has 3 atom stereocenters. The molecular weight excluding hydrogens is 304 g/mol. The third kappa shape index (κ3) is 2.59. The van der Waals surface area contributed by atoms with Crippen LogP contribution in [0.5, 0.6) is 0 Å². The highest BCUT2D eigenvalue weighted by molar-refractivity contribution is 5.85. The number of guanidine groups is 1. The number of ether oxygens (including phenoxy) is 1. The molecule has 1 amide bonds. The molecule has 134 valence electrons. The maximum atomic E-state index is 12.2. The fourth-order valence-electron chi connectivity index (χ4n) is 5.14. The maximum absolute atomic E-state index is 12.2. The number of amides is 1. The Morgan fingerprint density at radius 1 is 1.29 bits per heavy atom. The number of carbonyl (C=O) groups excluding carboxylic acids is 1. The molecule has 6 nitrogen and oxygen atoms in total. The largest absolute Gasteiger partial charge is 0.377 e. The van der Waals surface area contributed by atoms with Crippen molar-refractivity contribution in [2.24, 2.45) is 16.3 Å². The molecule has 0 aromatic heterocycles. The molecule has 0 bridgehead atoms. The number of nitrogens with one attached hydrogen (secondary N) is 2. The number of rotatable bonds is 4. The lowest BCUT2D eigenvalue weighted by Gasteiger charge is -2.63. The Balaban J connectivity index is 1.39. The Labute approximate surface area is 144 Å². The Morgan fingerprint density at radius 3 is 2.75 bits per heavy atom. The van der Waals surface area contributed by atoms with Crippen molar-refractivity contribution in [3.05, 3.63) is 0 Å². The third-order valence-corrected chi connectivity index (χ3v) is 6.50. The summed E-state index contributed by atoms with van der Waals surface area (Å²) in [6, 6.07) is 0.457. The number of aliphatic imine (C=N–C) groups is 1. The summed E-state index contributed by atoms with van der Waals surface area (Å²) in [5, 5.41) is 6.97. The van der Waals surface area contributed by atoms with E-state index in [4.69, 9.17) is 4.74 Å². The predicted molar refractivity (Wildman–Crippen MR) is 92.8 cm³/mol. The summed E-state index contributed by atoms with van der Waals surface area (Å²) in [6.45, 7) is 5.82. The summed E-state index contributed by atoms with van der Waals surface area (Å²) >= 11 is 0. The molecule has 0 aromatic carbocycles. The SMILES string of the molecule is CCNC(=NCC(=O)N1CCCC1)NC1C2CCOC2C12CCC2. The summed E-state index contributed by atoms with van der Waals surface area (Å²) in [6.07, 6.45) is 7.69. The van der Waals surface area contributed by atoms with Gasteiger partial charge in [0.2, 0.25) is 5.91 Å². The fourth-order valence-corrected chi connectivity index (χ4v) is 5.14. The smallest absolute Gasteiger partial charge is 0.244 e. The molecule has 2 heterocycles. The highest BCUT2D eigenvalue weighted by atomic mass is 16.5. The van der Waals surface area contributed by atoms with Gasteiger partial charge in [0, 0.05) is 43.6 Å². The van der Waals surface area contributed by atoms with Crippen molar-refractivity contribution in [3.63, 3.8) is 0 Å². The standard InChI is InChI=1S/C18H30N4O2/c1-2-19-17(20-12-14(23)22-9-3-4-10-22)21-15-13-6-11-24-16(13)18(15)7-5-8-18/h13,15-16H,2-12H2,1H3,(H2,19,20,21). The van der Waals surface area contributed by atoms with E-state index in [1.807, 2.05) is 4.90 Å². The molecule has 3 unspecified atom stereocenters. The number of likely N-dealkylation sites (tertiary alicyclic amines) is 1. The van der Waals surface area contributed by atoms with E-state index < -0.39 is 0 Å². The first-order chi connectivity index (χ1) is 11.7. The zero-order valence-electron chi connectivity index (χ0n) is 14.7. The minimum absolute atomic E-state index is 0.152. The van der Waals surface area contributed by atoms with E-state index in [9.17, 15) is 4.79 Å². The zero-order chi connectivity index (χ0) is 16.6. The van der Waals surface area contributed by atoms with Crippen LogP contribution < -0.4 is 10.6 Å². The fraction of sp³-hybridized carbons (Fsp3) is 0.889. The lowest BCUT2D eigenvalue weighted by Crippen LogP contribution is -2.72. The highest BCUT2D eigenvalue weighted by Crippen LogP contribution is 2.62. The molecule has 2 aliphatic heterocycles. The van der Waals surface area contributed by atoms with Crippen LogP contribution in [-0.2, 0) is 9.53 Å². The molecule has 2 saturated carbocycles. The second kappa shape index (κ2) is 6.54. The quantitative estimate of drug-likeness (QED) is 0.597. The summed E-state index contributed by atoms with van der Waals surface area (Å²) < 4.78 is 5.99. The van der Waals surface area contributed by atoms with Crippen LogP contribution >= 0.6 is 0 Å². The Kier molecular flexibility index (Phi) is 4.41. The van der Waals surface area contributed by atoms with Gasteiger partial charge in [0.05, 0.1) is 6.10 Å². The van der Waals surface area contributed by atoms with Crippen LogP contribution in [0.3, 0.4) is 0 Å². The predicted octanol–water partition coefficient (Wildman–Crippen LogP) is 1.12. The van der Waals surface area contributed by atoms with Gasteiger partial charge in [-0.15, -0.1) is 0 Å². The molecule has 2 N–H and O–H groups in total. The van der Waals surface area contributed by atoms with Crippen LogP contribution in [0.2, 0.25) is 0 Å². The first-order valence-electron chi connectivity index (χ1n) is 9.69. The first-order valence-corrected chi connectivity index (χ1v) is 9.69. The summed E-state index contributed by atoms with van der Waals surface area (Å²) in [7, 11) is 0. The average molecular weight is 334 g/mol. The third-order valence-electron chi connectivity index (χ3n) is 6.50. The first kappa shape index (κ1) is 16.2. The van der Waals surface area contributed by atoms with Gasteiger partial charge in [-0.2, -0.15) is 0 Å². The molecule has 2 aliphatic carbocycles. The minimum atomic E-state index is 0.152. The lowest BCUT2D eigenvalue weighted by molar-refractivity contribution is -0.171. The van der Waals surface area contributed by atoms with E-state index in [0.717, 1.165) is 51.5 Å². The van der Waals surface area contributed by atoms with Crippen molar-refractivity contribution in [1.82, 2.24) is 15.5 Å². The van der Waals surface area contributed by atoms with E-state index in [1.54, 1.807) is 0 Å². The maximum Gasteiger partial charge on any atom is 0.244 e. The minimum Gasteiger partial charge on any atom is -0.377 e. The van der Waals surface area contributed by atoms with Crippen molar-refractivity contribution >= 4 is 11.9 Å². The van der Waals surface area contributed by atoms with Gasteiger partial charge in [-0.1, -0.05) is 6.42 Å². The monoisotopic (exact) mass is 334 g/mol. The van der Waals surface area contributed by atoms with Crippen LogP contribution in [0.1, 0.15) is 45.4 Å². The van der Waals surface area contributed by atoms with E-state index >= 15 is 0 Å². The molecule has 24 heavy (non-hydrogen) atoms. The summed E-state index contributed by atoms with van der Waals surface area (Å²) in [4.78, 5) is 18.8. The topological polar surface area (TPSA) is 66.0 Å². The highest BCUT2D eigenvalue weighted by Gasteiger charge is 2.66. The molecule has 0 aromatic rings. The van der Waals surface area contributed by atoms with E-state index in [2.05, 4.69) is 22.5 Å². The Morgan fingerprint density at radius 2 is 2.08 bits per heavy atom. The Hall–Kier alpha value is -1.30. The summed E-state index contributed by atoms with van der Waals surface area (Å²) in [5.41, 5.74) is 0.330. The number of hydrogen-bond acceptors (Lipinski definition) is 3. The molecule has 4 rings (SSSR count). The average Bonchev–Trinajstić information content (AvgIpc) is 3.18. The Bertz CT molecular complexity index is 511. The van der Waals surface area contributed by atoms with Crippen LogP contribution in [-0.4, -0.2) is 61.7 Å². The number of fused-ring (bicyclic) bond motifs is 2. The van der Waals surface area contributed by atoms with Gasteiger partial charge < -0.3 is 20.3 Å². The molecule has 0 radical (unpaired) electrons. The second-order valence-electron chi connectivity index (χ2n) is 7.74. The summed E-state index contributed by atoms with van der Waals surface area (Å²) in [5.74, 6) is 1.56. The molecule has 1 spiro atoms.